The number of urea groups is 1. The first-order valence-corrected chi connectivity index (χ1v) is 5.91. The largest absolute Gasteiger partial charge is 0.337 e. The number of nitrogens with one attached hydrogen (secondary N) is 1. The van der Waals surface area contributed by atoms with Crippen LogP contribution in [0, 0.1) is 11.3 Å². The van der Waals surface area contributed by atoms with E-state index in [1.807, 2.05) is 4.90 Å². The molecule has 1 N–H and O–H groups in total. The first-order chi connectivity index (χ1) is 6.88. The van der Waals surface area contributed by atoms with Crippen LogP contribution in [0.2, 0.25) is 0 Å². The lowest BCUT2D eigenvalue weighted by molar-refractivity contribution is 0.170. The predicted molar refractivity (Wildman–Crippen MR) is 62.8 cm³/mol. The van der Waals surface area contributed by atoms with Crippen LogP contribution in [0.1, 0.15) is 40.5 Å². The van der Waals surface area contributed by atoms with Crippen molar-refractivity contribution in [3.8, 4) is 0 Å². The molecule has 0 atom stereocenters. The van der Waals surface area contributed by atoms with Crippen LogP contribution >= 0.6 is 0 Å². The molecule has 0 spiro atoms. The molecule has 1 aliphatic heterocycles. The van der Waals surface area contributed by atoms with Gasteiger partial charge in [-0.3, -0.25) is 0 Å². The molecule has 1 fully saturated rings. The lowest BCUT2D eigenvalue weighted by Crippen LogP contribution is -2.46. The third-order valence-corrected chi connectivity index (χ3v) is 2.84. The molecule has 0 radical (unpaired) electrons. The van der Waals surface area contributed by atoms with E-state index >= 15 is 0 Å². The van der Waals surface area contributed by atoms with Crippen molar-refractivity contribution in [1.29, 1.82) is 0 Å². The highest BCUT2D eigenvalue weighted by Crippen LogP contribution is 2.16. The van der Waals surface area contributed by atoms with Gasteiger partial charge in [-0.05, 0) is 24.2 Å². The van der Waals surface area contributed by atoms with Gasteiger partial charge in [0.1, 0.15) is 0 Å². The molecule has 0 aliphatic carbocycles. The summed E-state index contributed by atoms with van der Waals surface area (Å²) < 4.78 is 0. The highest BCUT2D eigenvalue weighted by Gasteiger charge is 2.21. The zero-order chi connectivity index (χ0) is 11.5. The van der Waals surface area contributed by atoms with Crippen LogP contribution in [0.3, 0.4) is 0 Å². The van der Waals surface area contributed by atoms with E-state index in [4.69, 9.17) is 0 Å². The summed E-state index contributed by atoms with van der Waals surface area (Å²) in [5.41, 5.74) is 0.165. The Hall–Kier alpha value is -0.730. The fourth-order valence-corrected chi connectivity index (χ4v) is 1.66. The summed E-state index contributed by atoms with van der Waals surface area (Å²) in [5, 5.41) is 2.99. The van der Waals surface area contributed by atoms with Crippen LogP contribution in [0.5, 0.6) is 0 Å². The van der Waals surface area contributed by atoms with Gasteiger partial charge in [0.2, 0.25) is 0 Å². The molecular formula is C12H24N2O. The van der Waals surface area contributed by atoms with Crippen molar-refractivity contribution < 1.29 is 4.79 Å². The summed E-state index contributed by atoms with van der Waals surface area (Å²) in [6, 6.07) is 0.108. The number of rotatable bonds is 1. The van der Waals surface area contributed by atoms with Crippen LogP contribution in [-0.4, -0.2) is 30.6 Å². The quantitative estimate of drug-likeness (QED) is 0.711. The number of hydrogen-bond acceptors (Lipinski definition) is 1. The van der Waals surface area contributed by atoms with Crippen molar-refractivity contribution in [3.05, 3.63) is 0 Å². The summed E-state index contributed by atoms with van der Waals surface area (Å²) in [6.45, 7) is 11.2. The van der Waals surface area contributed by atoms with Crippen molar-refractivity contribution in [2.24, 2.45) is 11.3 Å². The van der Waals surface area contributed by atoms with E-state index in [1.54, 1.807) is 0 Å². The lowest BCUT2D eigenvalue weighted by Gasteiger charge is -2.31. The summed E-state index contributed by atoms with van der Waals surface area (Å²) in [7, 11) is 0. The van der Waals surface area contributed by atoms with Crippen molar-refractivity contribution in [2.45, 2.75) is 40.5 Å². The Balaban J connectivity index is 2.29. The first kappa shape index (κ1) is 12.3. The maximum absolute atomic E-state index is 11.8. The van der Waals surface area contributed by atoms with Gasteiger partial charge in [0.25, 0.3) is 0 Å². The number of carbonyl (C=O) groups is 1. The molecule has 2 amide bonds. The van der Waals surface area contributed by atoms with Gasteiger partial charge in [0.05, 0.1) is 0 Å². The highest BCUT2D eigenvalue weighted by molar-refractivity contribution is 5.74. The van der Waals surface area contributed by atoms with Crippen LogP contribution in [-0.2, 0) is 0 Å². The van der Waals surface area contributed by atoms with E-state index in [0.29, 0.717) is 0 Å². The molecule has 0 aromatic rings. The van der Waals surface area contributed by atoms with Crippen LogP contribution < -0.4 is 5.32 Å². The Morgan fingerprint density at radius 3 is 2.33 bits per heavy atom. The van der Waals surface area contributed by atoms with Gasteiger partial charge < -0.3 is 10.2 Å². The second-order valence-electron chi connectivity index (χ2n) is 5.89. The first-order valence-electron chi connectivity index (χ1n) is 5.91. The fourth-order valence-electron chi connectivity index (χ4n) is 1.66. The number of hydrogen-bond donors (Lipinski definition) is 1. The van der Waals surface area contributed by atoms with Crippen molar-refractivity contribution in [2.75, 3.05) is 19.6 Å². The molecule has 0 aromatic carbocycles. The van der Waals surface area contributed by atoms with E-state index in [1.165, 1.54) is 0 Å². The monoisotopic (exact) mass is 212 g/mol. The Morgan fingerprint density at radius 2 is 1.87 bits per heavy atom. The summed E-state index contributed by atoms with van der Waals surface area (Å²) in [4.78, 5) is 13.7. The SMILES string of the molecule is CC1CCN(C(=O)NCC(C)(C)C)CC1. The molecule has 1 heterocycles. The molecule has 0 unspecified atom stereocenters. The van der Waals surface area contributed by atoms with Crippen molar-refractivity contribution in [3.63, 3.8) is 0 Å². The van der Waals surface area contributed by atoms with Crippen LogP contribution in [0.4, 0.5) is 4.79 Å². The topological polar surface area (TPSA) is 32.3 Å². The molecule has 0 saturated carbocycles. The van der Waals surface area contributed by atoms with Gasteiger partial charge in [0, 0.05) is 19.6 Å². The van der Waals surface area contributed by atoms with Gasteiger partial charge >= 0.3 is 6.03 Å². The second-order valence-corrected chi connectivity index (χ2v) is 5.89. The molecular weight excluding hydrogens is 188 g/mol. The average molecular weight is 212 g/mol. The Kier molecular flexibility index (Phi) is 4.00. The lowest BCUT2D eigenvalue weighted by atomic mass is 9.97. The minimum Gasteiger partial charge on any atom is -0.337 e. The number of amides is 2. The van der Waals surface area contributed by atoms with E-state index < -0.39 is 0 Å². The molecule has 3 nitrogen and oxygen atoms in total. The Labute approximate surface area is 93.2 Å². The molecule has 88 valence electrons. The Bertz CT molecular complexity index is 212. The van der Waals surface area contributed by atoms with E-state index in [9.17, 15) is 4.79 Å². The highest BCUT2D eigenvalue weighted by atomic mass is 16.2. The molecule has 3 heteroatoms. The number of nitrogens with zero attached hydrogens (tertiary/aromatic N) is 1. The zero-order valence-corrected chi connectivity index (χ0v) is 10.5. The molecule has 0 bridgehead atoms. The summed E-state index contributed by atoms with van der Waals surface area (Å²) in [6.07, 6.45) is 2.28. The van der Waals surface area contributed by atoms with E-state index in [0.717, 1.165) is 38.4 Å². The molecule has 1 aliphatic rings. The maximum Gasteiger partial charge on any atom is 0.317 e. The standard InChI is InChI=1S/C12H24N2O/c1-10-5-7-14(8-6-10)11(15)13-9-12(2,3)4/h10H,5-9H2,1-4H3,(H,13,15). The molecule has 0 aromatic heterocycles. The third-order valence-electron chi connectivity index (χ3n) is 2.84. The minimum atomic E-state index is 0.108. The van der Waals surface area contributed by atoms with Gasteiger partial charge in [0.15, 0.2) is 0 Å². The van der Waals surface area contributed by atoms with Crippen molar-refractivity contribution >= 4 is 6.03 Å². The zero-order valence-electron chi connectivity index (χ0n) is 10.5. The van der Waals surface area contributed by atoms with E-state index in [-0.39, 0.29) is 11.4 Å². The van der Waals surface area contributed by atoms with Gasteiger partial charge in [-0.1, -0.05) is 27.7 Å². The smallest absolute Gasteiger partial charge is 0.317 e. The normalized spacial score (nSPS) is 19.1. The minimum absolute atomic E-state index is 0.108. The number of piperidine rings is 1. The van der Waals surface area contributed by atoms with Gasteiger partial charge in [-0.15, -0.1) is 0 Å². The Morgan fingerprint density at radius 1 is 1.33 bits per heavy atom. The predicted octanol–water partition coefficient (Wildman–Crippen LogP) is 2.47. The second kappa shape index (κ2) is 4.86. The maximum atomic E-state index is 11.8. The van der Waals surface area contributed by atoms with E-state index in [2.05, 4.69) is 33.0 Å². The number of likely N-dealkylation sites (tertiary alicyclic amines) is 1. The fraction of sp³-hybridized carbons (Fsp3) is 0.917. The van der Waals surface area contributed by atoms with Gasteiger partial charge in [-0.25, -0.2) is 4.79 Å². The van der Waals surface area contributed by atoms with Crippen LogP contribution in [0.15, 0.2) is 0 Å². The third kappa shape index (κ3) is 4.54. The number of carbonyl (C=O) groups excluding carboxylic acids is 1. The average Bonchev–Trinajstić information content (AvgIpc) is 2.14. The molecule has 15 heavy (non-hydrogen) atoms. The summed E-state index contributed by atoms with van der Waals surface area (Å²) in [5.74, 6) is 0.775. The van der Waals surface area contributed by atoms with Crippen molar-refractivity contribution in [1.82, 2.24) is 10.2 Å². The molecule has 1 rings (SSSR count). The van der Waals surface area contributed by atoms with Gasteiger partial charge in [-0.2, -0.15) is 0 Å². The molecule has 1 saturated heterocycles. The summed E-state index contributed by atoms with van der Waals surface area (Å²) >= 11 is 0. The van der Waals surface area contributed by atoms with Crippen LogP contribution in [0.25, 0.3) is 0 Å².